The Bertz CT molecular complexity index is 552. The molecular formula is C18H31IN6. The largest absolute Gasteiger partial charge is 0.370 e. The number of piperazine rings is 1. The van der Waals surface area contributed by atoms with Crippen LogP contribution >= 0.6 is 24.0 Å². The molecule has 0 amide bonds. The molecule has 0 atom stereocenters. The van der Waals surface area contributed by atoms with Crippen molar-refractivity contribution in [1.29, 1.82) is 0 Å². The van der Waals surface area contributed by atoms with E-state index in [4.69, 9.17) is 5.73 Å². The lowest BCUT2D eigenvalue weighted by molar-refractivity contribution is 0.270. The fraction of sp³-hybridized carbons (Fsp3) is 0.667. The van der Waals surface area contributed by atoms with Gasteiger partial charge in [0, 0.05) is 38.9 Å². The first-order valence-corrected chi connectivity index (χ1v) is 9.20. The van der Waals surface area contributed by atoms with E-state index >= 15 is 0 Å². The molecule has 0 spiro atoms. The Morgan fingerprint density at radius 2 is 2.08 bits per heavy atom. The van der Waals surface area contributed by atoms with Gasteiger partial charge in [-0.15, -0.1) is 24.0 Å². The lowest BCUT2D eigenvalue weighted by Gasteiger charge is -2.34. The molecule has 2 fully saturated rings. The summed E-state index contributed by atoms with van der Waals surface area (Å²) in [5, 5.41) is 3.24. The van der Waals surface area contributed by atoms with Crippen molar-refractivity contribution < 1.29 is 0 Å². The van der Waals surface area contributed by atoms with E-state index in [2.05, 4.69) is 38.1 Å². The SMILES string of the molecule is CCN1CCN(c2cc(CN=C(N)NCC3CCC3)ccn2)CC1.I. The molecule has 7 heteroatoms. The number of halogens is 1. The van der Waals surface area contributed by atoms with Crippen molar-refractivity contribution in [3.63, 3.8) is 0 Å². The second-order valence-corrected chi connectivity index (χ2v) is 6.82. The summed E-state index contributed by atoms with van der Waals surface area (Å²) in [6.07, 6.45) is 5.87. The van der Waals surface area contributed by atoms with Crippen LogP contribution in [0.3, 0.4) is 0 Å². The van der Waals surface area contributed by atoms with E-state index in [1.165, 1.54) is 19.3 Å². The highest BCUT2D eigenvalue weighted by atomic mass is 127. The Hall–Kier alpha value is -1.09. The minimum atomic E-state index is 0. The lowest BCUT2D eigenvalue weighted by atomic mass is 9.85. The van der Waals surface area contributed by atoms with E-state index < -0.39 is 0 Å². The molecule has 2 heterocycles. The number of rotatable bonds is 6. The summed E-state index contributed by atoms with van der Waals surface area (Å²) in [7, 11) is 0. The lowest BCUT2D eigenvalue weighted by Crippen LogP contribution is -2.46. The fourth-order valence-electron chi connectivity index (χ4n) is 3.20. The third kappa shape index (κ3) is 5.99. The van der Waals surface area contributed by atoms with E-state index in [1.807, 2.05) is 12.3 Å². The Balaban J connectivity index is 0.00000225. The first-order chi connectivity index (χ1) is 11.7. The summed E-state index contributed by atoms with van der Waals surface area (Å²) < 4.78 is 0. The number of nitrogens with two attached hydrogens (primary N) is 1. The third-order valence-electron chi connectivity index (χ3n) is 5.18. The van der Waals surface area contributed by atoms with Crippen LogP contribution in [0.15, 0.2) is 23.3 Å². The maximum absolute atomic E-state index is 5.97. The minimum Gasteiger partial charge on any atom is -0.370 e. The highest BCUT2D eigenvalue weighted by molar-refractivity contribution is 14.0. The molecule has 1 aliphatic carbocycles. The van der Waals surface area contributed by atoms with E-state index in [0.717, 1.165) is 56.6 Å². The average Bonchev–Trinajstić information content (AvgIpc) is 2.59. The molecule has 3 rings (SSSR count). The zero-order valence-corrected chi connectivity index (χ0v) is 17.5. The minimum absolute atomic E-state index is 0. The number of nitrogens with zero attached hydrogens (tertiary/aromatic N) is 4. The van der Waals surface area contributed by atoms with Gasteiger partial charge in [-0.05, 0) is 43.0 Å². The maximum Gasteiger partial charge on any atom is 0.188 e. The Labute approximate surface area is 168 Å². The van der Waals surface area contributed by atoms with Crippen molar-refractivity contribution in [3.05, 3.63) is 23.9 Å². The van der Waals surface area contributed by atoms with Gasteiger partial charge in [-0.25, -0.2) is 9.98 Å². The van der Waals surface area contributed by atoms with E-state index in [1.54, 1.807) is 0 Å². The molecule has 0 aromatic carbocycles. The zero-order valence-electron chi connectivity index (χ0n) is 15.2. The second kappa shape index (κ2) is 10.2. The van der Waals surface area contributed by atoms with Crippen LogP contribution < -0.4 is 16.0 Å². The Morgan fingerprint density at radius 3 is 2.72 bits per heavy atom. The summed E-state index contributed by atoms with van der Waals surface area (Å²) in [6, 6.07) is 4.17. The molecule has 3 N–H and O–H groups in total. The summed E-state index contributed by atoms with van der Waals surface area (Å²) in [4.78, 5) is 13.8. The van der Waals surface area contributed by atoms with Crippen molar-refractivity contribution in [2.24, 2.45) is 16.6 Å². The number of hydrogen-bond acceptors (Lipinski definition) is 4. The summed E-state index contributed by atoms with van der Waals surface area (Å²) in [5.74, 6) is 2.39. The molecular weight excluding hydrogens is 427 g/mol. The van der Waals surface area contributed by atoms with Gasteiger partial charge in [0.15, 0.2) is 5.96 Å². The molecule has 2 aliphatic rings. The van der Waals surface area contributed by atoms with Crippen LogP contribution in [0.2, 0.25) is 0 Å². The molecule has 1 aliphatic heterocycles. The van der Waals surface area contributed by atoms with Crippen molar-refractivity contribution >= 4 is 35.8 Å². The van der Waals surface area contributed by atoms with Gasteiger partial charge < -0.3 is 20.9 Å². The van der Waals surface area contributed by atoms with Crippen LogP contribution in [0.1, 0.15) is 31.7 Å². The van der Waals surface area contributed by atoms with Crippen molar-refractivity contribution in [2.45, 2.75) is 32.7 Å². The van der Waals surface area contributed by atoms with Crippen molar-refractivity contribution in [1.82, 2.24) is 15.2 Å². The number of aliphatic imine (C=N–C) groups is 1. The predicted molar refractivity (Wildman–Crippen MR) is 115 cm³/mol. The first kappa shape index (κ1) is 20.2. The van der Waals surface area contributed by atoms with Gasteiger partial charge in [0.2, 0.25) is 0 Å². The quantitative estimate of drug-likeness (QED) is 0.388. The maximum atomic E-state index is 5.97. The van der Waals surface area contributed by atoms with Gasteiger partial charge in [-0.2, -0.15) is 0 Å². The number of anilines is 1. The van der Waals surface area contributed by atoms with E-state index in [9.17, 15) is 0 Å². The molecule has 0 bridgehead atoms. The van der Waals surface area contributed by atoms with Crippen LogP contribution in [0.5, 0.6) is 0 Å². The summed E-state index contributed by atoms with van der Waals surface area (Å²) in [5.41, 5.74) is 7.13. The second-order valence-electron chi connectivity index (χ2n) is 6.82. The normalized spacial score (nSPS) is 19.2. The van der Waals surface area contributed by atoms with Gasteiger partial charge in [-0.1, -0.05) is 13.3 Å². The van der Waals surface area contributed by atoms with Gasteiger partial charge in [0.25, 0.3) is 0 Å². The molecule has 140 valence electrons. The monoisotopic (exact) mass is 458 g/mol. The average molecular weight is 458 g/mol. The molecule has 0 unspecified atom stereocenters. The van der Waals surface area contributed by atoms with E-state index in [0.29, 0.717) is 12.5 Å². The van der Waals surface area contributed by atoms with Gasteiger partial charge in [-0.3, -0.25) is 0 Å². The van der Waals surface area contributed by atoms with Gasteiger partial charge in [0.1, 0.15) is 5.82 Å². The van der Waals surface area contributed by atoms with Crippen LogP contribution in [-0.4, -0.2) is 55.1 Å². The molecule has 1 aromatic heterocycles. The highest BCUT2D eigenvalue weighted by Gasteiger charge is 2.17. The number of guanidine groups is 1. The van der Waals surface area contributed by atoms with Crippen LogP contribution in [0.4, 0.5) is 5.82 Å². The fourth-order valence-corrected chi connectivity index (χ4v) is 3.20. The number of hydrogen-bond donors (Lipinski definition) is 2. The first-order valence-electron chi connectivity index (χ1n) is 9.20. The van der Waals surface area contributed by atoms with Crippen molar-refractivity contribution in [3.8, 4) is 0 Å². The topological polar surface area (TPSA) is 69.8 Å². The van der Waals surface area contributed by atoms with Crippen LogP contribution in [0.25, 0.3) is 0 Å². The van der Waals surface area contributed by atoms with E-state index in [-0.39, 0.29) is 24.0 Å². The van der Waals surface area contributed by atoms with Crippen LogP contribution in [0, 0.1) is 5.92 Å². The van der Waals surface area contributed by atoms with Gasteiger partial charge in [0.05, 0.1) is 6.54 Å². The number of likely N-dealkylation sites (N-methyl/N-ethyl adjacent to an activating group) is 1. The summed E-state index contributed by atoms with van der Waals surface area (Å²) in [6.45, 7) is 9.21. The Morgan fingerprint density at radius 1 is 1.32 bits per heavy atom. The number of pyridine rings is 1. The molecule has 25 heavy (non-hydrogen) atoms. The molecule has 1 saturated heterocycles. The zero-order chi connectivity index (χ0) is 16.8. The predicted octanol–water partition coefficient (Wildman–Crippen LogP) is 2.05. The smallest absolute Gasteiger partial charge is 0.188 e. The van der Waals surface area contributed by atoms with Gasteiger partial charge >= 0.3 is 0 Å². The number of nitrogens with one attached hydrogen (secondary N) is 1. The standard InChI is InChI=1S/C18H30N6.HI/c1-2-23-8-10-24(11-9-23)17-12-16(6-7-20-17)14-22-18(19)21-13-15-4-3-5-15;/h6-7,12,15H,2-5,8-11,13-14H2,1H3,(H3,19,21,22);1H. The number of aromatic nitrogens is 1. The Kier molecular flexibility index (Phi) is 8.21. The summed E-state index contributed by atoms with van der Waals surface area (Å²) >= 11 is 0. The molecule has 1 saturated carbocycles. The molecule has 1 aromatic rings. The molecule has 6 nitrogen and oxygen atoms in total. The van der Waals surface area contributed by atoms with Crippen molar-refractivity contribution in [2.75, 3.05) is 44.2 Å². The third-order valence-corrected chi connectivity index (χ3v) is 5.18. The highest BCUT2D eigenvalue weighted by Crippen LogP contribution is 2.25. The van der Waals surface area contributed by atoms with Crippen LogP contribution in [-0.2, 0) is 6.54 Å². The molecule has 0 radical (unpaired) electrons.